The maximum absolute atomic E-state index is 13.0. The Hall–Kier alpha value is -2.19. The molecule has 3 amide bonds. The Morgan fingerprint density at radius 3 is 2.62 bits per heavy atom. The first-order chi connectivity index (χ1) is 15.6. The number of carbonyl (C=O) groups is 3. The van der Waals surface area contributed by atoms with Crippen molar-refractivity contribution in [2.24, 2.45) is 5.92 Å². The summed E-state index contributed by atoms with van der Waals surface area (Å²) >= 11 is 0. The molecule has 4 fully saturated rings. The van der Waals surface area contributed by atoms with Crippen LogP contribution in [0.2, 0.25) is 0 Å². The quantitative estimate of drug-likeness (QED) is 0.524. The largest absolute Gasteiger partial charge is 0.493 e. The number of amides is 3. The van der Waals surface area contributed by atoms with E-state index in [4.69, 9.17) is 9.47 Å². The van der Waals surface area contributed by atoms with Crippen LogP contribution in [0, 0.1) is 5.92 Å². The molecule has 0 spiro atoms. The average molecular weight is 444 g/mol. The molecule has 1 N–H and O–H groups in total. The second-order valence-corrected chi connectivity index (χ2v) is 9.59. The van der Waals surface area contributed by atoms with Crippen molar-refractivity contribution in [2.45, 2.75) is 69.6 Å². The van der Waals surface area contributed by atoms with Gasteiger partial charge in [-0.3, -0.25) is 24.6 Å². The molecule has 2 unspecified atom stereocenters. The van der Waals surface area contributed by atoms with Gasteiger partial charge >= 0.3 is 0 Å². The fourth-order valence-corrected chi connectivity index (χ4v) is 5.88. The first kappa shape index (κ1) is 21.6. The summed E-state index contributed by atoms with van der Waals surface area (Å²) < 4.78 is 12.2. The molecule has 2 aliphatic carbocycles. The number of ether oxygens (including phenoxy) is 2. The van der Waals surface area contributed by atoms with E-state index in [1.165, 1.54) is 19.3 Å². The number of rotatable bonds is 4. The van der Waals surface area contributed by atoms with E-state index in [1.54, 1.807) is 4.90 Å². The van der Waals surface area contributed by atoms with E-state index in [0.717, 1.165) is 50.5 Å². The van der Waals surface area contributed by atoms with E-state index >= 15 is 0 Å². The maximum atomic E-state index is 13.0. The standard InChI is InChI=1S/C24H33N3O5/c28-22-9-8-20(23(29)25-22)27-15-16-14-17(6-7-18(16)24(27)30)32-21-5-3-1-2-4-19(21)26-10-12-31-13-11-26/h6-7,16,19-21H,1-5,8-15H2,(H,25,28,29)/t16?,19-,20?,21-/m1/s1. The van der Waals surface area contributed by atoms with Crippen LogP contribution >= 0.6 is 0 Å². The van der Waals surface area contributed by atoms with Crippen LogP contribution in [0.15, 0.2) is 23.5 Å². The Kier molecular flexibility index (Phi) is 6.33. The third kappa shape index (κ3) is 4.35. The van der Waals surface area contributed by atoms with Gasteiger partial charge in [0.25, 0.3) is 5.91 Å². The molecule has 3 aliphatic heterocycles. The van der Waals surface area contributed by atoms with Crippen molar-refractivity contribution in [3.8, 4) is 0 Å². The molecule has 32 heavy (non-hydrogen) atoms. The Balaban J connectivity index is 1.25. The highest BCUT2D eigenvalue weighted by Crippen LogP contribution is 2.37. The Labute approximate surface area is 189 Å². The number of hydrogen-bond donors (Lipinski definition) is 1. The summed E-state index contributed by atoms with van der Waals surface area (Å²) in [7, 11) is 0. The minimum Gasteiger partial charge on any atom is -0.493 e. The number of piperidine rings is 1. The molecule has 0 bridgehead atoms. The predicted octanol–water partition coefficient (Wildman–Crippen LogP) is 1.51. The Morgan fingerprint density at radius 1 is 1.00 bits per heavy atom. The lowest BCUT2D eigenvalue weighted by Gasteiger charge is -2.39. The molecule has 5 rings (SSSR count). The normalized spacial score (nSPS) is 34.4. The Bertz CT molecular complexity index is 831. The maximum Gasteiger partial charge on any atom is 0.250 e. The van der Waals surface area contributed by atoms with Gasteiger partial charge in [0, 0.05) is 50.0 Å². The molecule has 0 aromatic rings. The third-order valence-corrected chi connectivity index (χ3v) is 7.58. The number of carbonyl (C=O) groups excluding carboxylic acids is 3. The lowest BCUT2D eigenvalue weighted by Crippen LogP contribution is -2.53. The van der Waals surface area contributed by atoms with Crippen LogP contribution in [0.4, 0.5) is 0 Å². The molecule has 4 atom stereocenters. The number of hydrogen-bond acceptors (Lipinski definition) is 6. The summed E-state index contributed by atoms with van der Waals surface area (Å²) in [6.07, 6.45) is 11.3. The number of nitrogens with one attached hydrogen (secondary N) is 1. The third-order valence-electron chi connectivity index (χ3n) is 7.58. The molecule has 8 nitrogen and oxygen atoms in total. The summed E-state index contributed by atoms with van der Waals surface area (Å²) in [6.45, 7) is 4.02. The van der Waals surface area contributed by atoms with Crippen molar-refractivity contribution >= 4 is 17.7 Å². The van der Waals surface area contributed by atoms with Crippen molar-refractivity contribution < 1.29 is 23.9 Å². The van der Waals surface area contributed by atoms with Crippen LogP contribution in [-0.2, 0) is 23.9 Å². The highest BCUT2D eigenvalue weighted by Gasteiger charge is 2.44. The topological polar surface area (TPSA) is 88.2 Å². The first-order valence-corrected chi connectivity index (χ1v) is 12.1. The van der Waals surface area contributed by atoms with Crippen LogP contribution < -0.4 is 5.32 Å². The van der Waals surface area contributed by atoms with Gasteiger partial charge in [-0.05, 0) is 37.8 Å². The number of imide groups is 1. The van der Waals surface area contributed by atoms with Gasteiger partial charge in [-0.25, -0.2) is 0 Å². The smallest absolute Gasteiger partial charge is 0.250 e. The second-order valence-electron chi connectivity index (χ2n) is 9.59. The fraction of sp³-hybridized carbons (Fsp3) is 0.708. The Morgan fingerprint density at radius 2 is 1.81 bits per heavy atom. The summed E-state index contributed by atoms with van der Waals surface area (Å²) in [6, 6.07) is -0.138. The molecule has 0 aromatic heterocycles. The van der Waals surface area contributed by atoms with Crippen LogP contribution in [0.1, 0.15) is 51.4 Å². The van der Waals surface area contributed by atoms with Gasteiger partial charge in [0.1, 0.15) is 12.1 Å². The number of likely N-dealkylation sites (tertiary alicyclic amines) is 1. The number of allylic oxidation sites excluding steroid dienone is 3. The van der Waals surface area contributed by atoms with Gasteiger partial charge in [0.2, 0.25) is 11.8 Å². The van der Waals surface area contributed by atoms with Gasteiger partial charge < -0.3 is 14.4 Å². The van der Waals surface area contributed by atoms with E-state index in [1.807, 2.05) is 12.2 Å². The van der Waals surface area contributed by atoms with Crippen LogP contribution in [0.25, 0.3) is 0 Å². The summed E-state index contributed by atoms with van der Waals surface area (Å²) in [5.41, 5.74) is 0.757. The van der Waals surface area contributed by atoms with Crippen molar-refractivity contribution in [1.29, 1.82) is 0 Å². The predicted molar refractivity (Wildman–Crippen MR) is 116 cm³/mol. The molecule has 3 heterocycles. The van der Waals surface area contributed by atoms with Crippen LogP contribution in [0.3, 0.4) is 0 Å². The molecule has 0 radical (unpaired) electrons. The fourth-order valence-electron chi connectivity index (χ4n) is 5.88. The zero-order chi connectivity index (χ0) is 22.1. The number of morpholine rings is 1. The van der Waals surface area contributed by atoms with Gasteiger partial charge in [-0.1, -0.05) is 12.8 Å². The molecular weight excluding hydrogens is 410 g/mol. The monoisotopic (exact) mass is 443 g/mol. The molecule has 8 heteroatoms. The van der Waals surface area contributed by atoms with E-state index in [2.05, 4.69) is 10.2 Å². The zero-order valence-electron chi connectivity index (χ0n) is 18.6. The van der Waals surface area contributed by atoms with E-state index in [9.17, 15) is 14.4 Å². The summed E-state index contributed by atoms with van der Waals surface area (Å²) in [5, 5.41) is 2.37. The molecular formula is C24H33N3O5. The molecule has 5 aliphatic rings. The first-order valence-electron chi connectivity index (χ1n) is 12.1. The van der Waals surface area contributed by atoms with Crippen LogP contribution in [0.5, 0.6) is 0 Å². The van der Waals surface area contributed by atoms with Crippen molar-refractivity contribution in [3.05, 3.63) is 23.5 Å². The summed E-state index contributed by atoms with van der Waals surface area (Å²) in [5.74, 6) is 0.290. The SMILES string of the molecule is O=C1CCC(N2CC3CC(O[C@@H]4CCCCC[C@H]4N4CCOCC4)=CC=C3C2=O)C(=O)N1. The van der Waals surface area contributed by atoms with Gasteiger partial charge in [0.15, 0.2) is 0 Å². The lowest BCUT2D eigenvalue weighted by atomic mass is 9.93. The highest BCUT2D eigenvalue weighted by atomic mass is 16.5. The lowest BCUT2D eigenvalue weighted by molar-refractivity contribution is -0.142. The molecule has 174 valence electrons. The molecule has 1 saturated carbocycles. The van der Waals surface area contributed by atoms with Crippen molar-refractivity contribution in [3.63, 3.8) is 0 Å². The minimum atomic E-state index is -0.552. The van der Waals surface area contributed by atoms with E-state index < -0.39 is 6.04 Å². The molecule has 0 aromatic carbocycles. The number of fused-ring (bicyclic) bond motifs is 1. The van der Waals surface area contributed by atoms with Gasteiger partial charge in [-0.15, -0.1) is 0 Å². The minimum absolute atomic E-state index is 0.0422. The average Bonchev–Trinajstić information content (AvgIpc) is 2.95. The molecule has 3 saturated heterocycles. The number of nitrogens with zero attached hydrogens (tertiary/aromatic N) is 2. The van der Waals surface area contributed by atoms with Gasteiger partial charge in [-0.2, -0.15) is 0 Å². The van der Waals surface area contributed by atoms with Crippen molar-refractivity contribution in [1.82, 2.24) is 15.1 Å². The highest BCUT2D eigenvalue weighted by molar-refractivity contribution is 6.04. The summed E-state index contributed by atoms with van der Waals surface area (Å²) in [4.78, 5) is 40.9. The van der Waals surface area contributed by atoms with Crippen molar-refractivity contribution in [2.75, 3.05) is 32.8 Å². The van der Waals surface area contributed by atoms with E-state index in [0.29, 0.717) is 25.4 Å². The zero-order valence-corrected chi connectivity index (χ0v) is 18.6. The second kappa shape index (κ2) is 9.35. The van der Waals surface area contributed by atoms with Crippen LogP contribution in [-0.4, -0.2) is 78.6 Å². The van der Waals surface area contributed by atoms with E-state index in [-0.39, 0.29) is 36.2 Å². The van der Waals surface area contributed by atoms with Gasteiger partial charge in [0.05, 0.1) is 19.0 Å².